The van der Waals surface area contributed by atoms with E-state index in [2.05, 4.69) is 94.6 Å². The number of nitrogens with one attached hydrogen (secondary N) is 1. The van der Waals surface area contributed by atoms with Crippen LogP contribution in [0.15, 0.2) is 182 Å². The largest absolute Gasteiger partial charge is 0.481 e. The summed E-state index contributed by atoms with van der Waals surface area (Å²) in [7, 11) is 3.63. The Balaban J connectivity index is 0.000000134. The van der Waals surface area contributed by atoms with Gasteiger partial charge in [-0.25, -0.2) is 0 Å². The summed E-state index contributed by atoms with van der Waals surface area (Å²) in [6.45, 7) is 6.93. The molecule has 0 spiro atoms. The second-order valence-electron chi connectivity index (χ2n) is 44.0. The summed E-state index contributed by atoms with van der Waals surface area (Å²) in [6.07, 6.45) is 49.9. The fraction of sp³-hybridized carbons (Fsp3) is 0.649. The quantitative estimate of drug-likeness (QED) is 0.0166. The van der Waals surface area contributed by atoms with Crippen LogP contribution in [0.1, 0.15) is 291 Å². The van der Waals surface area contributed by atoms with Crippen molar-refractivity contribution in [1.29, 1.82) is 0 Å². The van der Waals surface area contributed by atoms with Crippen LogP contribution in [0.3, 0.4) is 0 Å². The Bertz CT molecular complexity index is 4170. The molecule has 12 nitrogen and oxygen atoms in total. The third kappa shape index (κ3) is 27.9. The average Bonchev–Trinajstić information content (AvgIpc) is 0.769. The van der Waals surface area contributed by atoms with Crippen LogP contribution in [0, 0.1) is 110 Å². The molecule has 0 radical (unpaired) electrons. The standard InChI is InChI=1S/C31H48ClNO3.C31H41NO2.C21H28O2.C19H23NO2.C12H19I/c32-12-6-1-2-7-14-35-16-17-36-15-13-33-30(34)29(21-25-8-4-3-5-9-25)10-11-31-22-26-18-27(23-31)20-28(19-26)24-31;1-22(29(33)27-11-7-4-8-12-27)32(2)30(34)28(18-23-9-5-3-6-10-23)13-14-31-19-24-15-25(20-31)17-26(16-24)21-31;22-20(23)19(11-15-4-2-1-3-5-15)6-7-21-12-16-8-17(13-21)10-18(9-16)14-21;1-15(19(22)17-11-7-4-8-12-17)20(2)18(21)14-13-16-9-5-3-6-10-16;13-2-1-12-6-9-3-10(7-12)5-11(4-9)8-12/h3-5,8-9,26-29H,1-2,6-7,10-24H2,(H,33,34);3-12,22,24-26,28-29,33H,13-21H2,1-2H3;1-5,16-19H,6-14H2,(H,22,23);3-12,15,19,22H,13-14H2,1-2H3;9-11H,1-8H2/t26?,27?,28?,29-,31?;22-,24?,25?,26?,28-,29+,31?;16?,17?,18?,19-,21?;15-,19+;/m0000./s1. The number of likely N-dealkylation sites (N-methyl/N-ethyl adjacent to an activating group) is 2. The Kier molecular flexibility index (Phi) is 36.6. The van der Waals surface area contributed by atoms with Crippen molar-refractivity contribution in [3.05, 3.63) is 215 Å². The van der Waals surface area contributed by atoms with Gasteiger partial charge in [0.2, 0.25) is 17.7 Å². The molecule has 16 aliphatic carbocycles. The first-order chi connectivity index (χ1) is 62.1. The van der Waals surface area contributed by atoms with Crippen LogP contribution >= 0.6 is 34.2 Å². The van der Waals surface area contributed by atoms with Gasteiger partial charge in [0.05, 0.1) is 50.0 Å². The number of aliphatic hydroxyl groups excluding tert-OH is 2. The molecular weight excluding hydrogens is 1720 g/mol. The van der Waals surface area contributed by atoms with Crippen molar-refractivity contribution in [2.24, 2.45) is 110 Å². The number of aryl methyl sites for hydroxylation is 1. The van der Waals surface area contributed by atoms with Crippen molar-refractivity contribution in [1.82, 2.24) is 15.1 Å². The van der Waals surface area contributed by atoms with Crippen molar-refractivity contribution in [2.75, 3.05) is 57.4 Å². The van der Waals surface area contributed by atoms with Crippen LogP contribution in [0.25, 0.3) is 0 Å². The predicted octanol–water partition coefficient (Wildman–Crippen LogP) is 25.4. The van der Waals surface area contributed by atoms with E-state index in [4.69, 9.17) is 21.1 Å². The lowest BCUT2D eigenvalue weighted by molar-refractivity contribution is -0.143. The number of carboxylic acids is 1. The van der Waals surface area contributed by atoms with Gasteiger partial charge in [0.25, 0.3) is 0 Å². The molecule has 0 aromatic heterocycles. The number of aliphatic carboxylic acids is 1. The van der Waals surface area contributed by atoms with Crippen molar-refractivity contribution in [2.45, 2.75) is 295 Å². The summed E-state index contributed by atoms with van der Waals surface area (Å²) < 4.78 is 12.7. The molecule has 0 heterocycles. The number of halogens is 2. The minimum absolute atomic E-state index is 0.0363. The summed E-state index contributed by atoms with van der Waals surface area (Å²) in [5.74, 6) is 12.4. The van der Waals surface area contributed by atoms with Gasteiger partial charge >= 0.3 is 5.97 Å². The van der Waals surface area contributed by atoms with Crippen LogP contribution < -0.4 is 5.32 Å². The Morgan fingerprint density at radius 2 is 0.703 bits per heavy atom. The second-order valence-corrected chi connectivity index (χ2v) is 45.4. The number of rotatable bonds is 41. The number of benzene rings is 6. The van der Waals surface area contributed by atoms with E-state index in [1.165, 1.54) is 163 Å². The molecule has 0 saturated heterocycles. The lowest BCUT2D eigenvalue weighted by Gasteiger charge is -2.57. The average molecular weight is 1880 g/mol. The topological polar surface area (TPSA) is 166 Å². The molecule has 16 bridgehead atoms. The van der Waals surface area contributed by atoms with Gasteiger partial charge in [-0.2, -0.15) is 0 Å². The fourth-order valence-corrected chi connectivity index (χ4v) is 30.4. The molecule has 6 aromatic rings. The van der Waals surface area contributed by atoms with E-state index < -0.39 is 18.2 Å². The van der Waals surface area contributed by atoms with E-state index in [1.54, 1.807) is 50.5 Å². The summed E-state index contributed by atoms with van der Waals surface area (Å²) in [4.78, 5) is 54.6. The Labute approximate surface area is 789 Å². The van der Waals surface area contributed by atoms with Gasteiger partial charge in [-0.1, -0.05) is 217 Å². The number of hydrogen-bond acceptors (Lipinski definition) is 8. The number of carbonyl (C=O) groups is 4. The molecule has 3 amide bonds. The minimum atomic E-state index is -0.685. The Morgan fingerprint density at radius 1 is 0.398 bits per heavy atom. The maximum atomic E-state index is 13.9. The zero-order chi connectivity index (χ0) is 89.5. The van der Waals surface area contributed by atoms with E-state index in [0.717, 1.165) is 169 Å². The molecule has 4 N–H and O–H groups in total. The Morgan fingerprint density at radius 3 is 1.06 bits per heavy atom. The molecular formula is C114H159ClIN3O9. The molecule has 16 fully saturated rings. The zero-order valence-corrected chi connectivity index (χ0v) is 81.4. The molecule has 128 heavy (non-hydrogen) atoms. The third-order valence-corrected chi connectivity index (χ3v) is 34.9. The number of nitrogens with zero attached hydrogens (tertiary/aromatic N) is 2. The number of unbranched alkanes of at least 4 members (excludes halogenated alkanes) is 3. The highest BCUT2D eigenvalue weighted by molar-refractivity contribution is 14.1. The lowest BCUT2D eigenvalue weighted by atomic mass is 9.48. The maximum absolute atomic E-state index is 13.9. The number of hydrogen-bond donors (Lipinski definition) is 4. The highest BCUT2D eigenvalue weighted by Crippen LogP contribution is 2.66. The molecule has 6 aromatic carbocycles. The first-order valence-electron chi connectivity index (χ1n) is 51.0. The van der Waals surface area contributed by atoms with E-state index in [0.29, 0.717) is 55.5 Å². The van der Waals surface area contributed by atoms with Gasteiger partial charge in [0.15, 0.2) is 0 Å². The van der Waals surface area contributed by atoms with Gasteiger partial charge in [-0.05, 0) is 377 Å². The van der Waals surface area contributed by atoms with Crippen LogP contribution in [-0.4, -0.2) is 118 Å². The van der Waals surface area contributed by atoms with E-state index in [-0.39, 0.29) is 47.6 Å². The number of aliphatic hydroxyl groups is 2. The number of alkyl halides is 2. The van der Waals surface area contributed by atoms with Gasteiger partial charge in [0.1, 0.15) is 0 Å². The first kappa shape index (κ1) is 98.1. The Hall–Kier alpha value is -5.94. The van der Waals surface area contributed by atoms with Crippen molar-refractivity contribution in [3.63, 3.8) is 0 Å². The van der Waals surface area contributed by atoms with Crippen LogP contribution in [-0.2, 0) is 54.3 Å². The molecule has 16 saturated carbocycles. The molecule has 14 heteroatoms. The zero-order valence-electron chi connectivity index (χ0n) is 78.5. The van der Waals surface area contributed by atoms with E-state index >= 15 is 0 Å². The highest BCUT2D eigenvalue weighted by Gasteiger charge is 2.55. The molecule has 0 aliphatic heterocycles. The maximum Gasteiger partial charge on any atom is 0.306 e. The van der Waals surface area contributed by atoms with Gasteiger partial charge in [-0.15, -0.1) is 11.6 Å². The normalized spacial score (nSPS) is 29.8. The minimum Gasteiger partial charge on any atom is -0.481 e. The first-order valence-corrected chi connectivity index (χ1v) is 53.1. The predicted molar refractivity (Wildman–Crippen MR) is 528 cm³/mol. The van der Waals surface area contributed by atoms with Crippen molar-refractivity contribution in [3.8, 4) is 0 Å². The van der Waals surface area contributed by atoms with E-state index in [1.807, 2.05) is 141 Å². The monoisotopic (exact) mass is 1880 g/mol. The molecule has 16 aliphatic rings. The smallest absolute Gasteiger partial charge is 0.306 e. The molecule has 0 unspecified atom stereocenters. The number of amides is 3. The molecule has 7 atom stereocenters. The third-order valence-electron chi connectivity index (χ3n) is 34.1. The van der Waals surface area contributed by atoms with Crippen molar-refractivity contribution < 1.29 is 44.0 Å². The molecule has 698 valence electrons. The summed E-state index contributed by atoms with van der Waals surface area (Å²) >= 11 is 8.27. The molecule has 22 rings (SSSR count). The highest BCUT2D eigenvalue weighted by atomic mass is 127. The number of ether oxygens (including phenoxy) is 2. The van der Waals surface area contributed by atoms with E-state index in [9.17, 15) is 34.5 Å². The number of carboxylic acid groups (broad SMARTS) is 1. The SMILES string of the molecule is C[C@@H]([C@@H](O)c1ccccc1)N(C)C(=O)CCc1ccccc1.C[C@@H]([C@@H](O)c1ccccc1)N(C)C(=O)[C@@H](CCC12CC3CC(CC(C3)C1)C2)Cc1ccccc1.ICCC12CC3CC(CC(C3)C1)C2.O=C(NCCOCCOCCCCCCCl)[C@@H](CCC12CC3CC(CC(C3)C1)C2)Cc1ccccc1.O=C(O)[C@@H](CCC12CC3CC(CC(C3)C1)C2)Cc1ccccc1. The van der Waals surface area contributed by atoms with Gasteiger partial charge in [0, 0.05) is 55.8 Å². The van der Waals surface area contributed by atoms with Crippen LogP contribution in [0.4, 0.5) is 0 Å². The second kappa shape index (κ2) is 47.8. The van der Waals surface area contributed by atoms with Gasteiger partial charge < -0.3 is 39.9 Å². The van der Waals surface area contributed by atoms with Gasteiger partial charge in [-0.3, -0.25) is 19.2 Å². The van der Waals surface area contributed by atoms with Crippen LogP contribution in [0.2, 0.25) is 0 Å². The summed E-state index contributed by atoms with van der Waals surface area (Å²) in [5.41, 5.74) is 8.85. The fourth-order valence-electron chi connectivity index (χ4n) is 29.1. The summed E-state index contributed by atoms with van der Waals surface area (Å²) in [5, 5.41) is 34.2. The lowest BCUT2D eigenvalue weighted by Crippen LogP contribution is -2.47. The number of carbonyl (C=O) groups excluding carboxylic acids is 3. The summed E-state index contributed by atoms with van der Waals surface area (Å²) in [6, 6.07) is 59.7. The van der Waals surface area contributed by atoms with Crippen molar-refractivity contribution >= 4 is 57.9 Å². The van der Waals surface area contributed by atoms with Crippen LogP contribution in [0.5, 0.6) is 0 Å².